The lowest BCUT2D eigenvalue weighted by atomic mass is 10.1. The van der Waals surface area contributed by atoms with Crippen LogP contribution < -0.4 is 5.32 Å². The number of hydrogen-bond acceptors (Lipinski definition) is 3. The van der Waals surface area contributed by atoms with Gasteiger partial charge in [0.05, 0.1) is 5.56 Å². The minimum absolute atomic E-state index is 0.0619. The van der Waals surface area contributed by atoms with E-state index >= 15 is 0 Å². The summed E-state index contributed by atoms with van der Waals surface area (Å²) in [6.07, 6.45) is 8.76. The van der Waals surface area contributed by atoms with Crippen LogP contribution in [0.5, 0.6) is 0 Å². The van der Waals surface area contributed by atoms with E-state index in [0.717, 1.165) is 25.2 Å². The first kappa shape index (κ1) is 11.0. The Labute approximate surface area is 105 Å². The fourth-order valence-electron chi connectivity index (χ4n) is 2.24. The van der Waals surface area contributed by atoms with Crippen molar-refractivity contribution in [2.75, 3.05) is 0 Å². The molecule has 1 unspecified atom stereocenters. The molecule has 1 N–H and O–H groups in total. The molecule has 18 heavy (non-hydrogen) atoms. The summed E-state index contributed by atoms with van der Waals surface area (Å²) in [5.41, 5.74) is 0.603. The van der Waals surface area contributed by atoms with Crippen LogP contribution in [0, 0.1) is 0 Å². The first-order chi connectivity index (χ1) is 8.83. The number of rotatable bonds is 2. The van der Waals surface area contributed by atoms with Gasteiger partial charge in [-0.15, -0.1) is 0 Å². The number of fused-ring (bicyclic) bond motifs is 1. The van der Waals surface area contributed by atoms with E-state index in [4.69, 9.17) is 0 Å². The van der Waals surface area contributed by atoms with Gasteiger partial charge in [0, 0.05) is 43.8 Å². The number of nitrogens with one attached hydrogen (secondary N) is 1. The van der Waals surface area contributed by atoms with Crippen molar-refractivity contribution >= 4 is 5.91 Å². The lowest BCUT2D eigenvalue weighted by Crippen LogP contribution is -2.40. The smallest absolute Gasteiger partial charge is 0.253 e. The number of imidazole rings is 1. The molecular weight excluding hydrogens is 228 g/mol. The van der Waals surface area contributed by atoms with E-state index in [-0.39, 0.29) is 11.9 Å². The number of amides is 1. The summed E-state index contributed by atoms with van der Waals surface area (Å²) < 4.78 is 2.13. The molecule has 92 valence electrons. The van der Waals surface area contributed by atoms with Crippen molar-refractivity contribution in [3.63, 3.8) is 0 Å². The second kappa shape index (κ2) is 4.60. The van der Waals surface area contributed by atoms with Gasteiger partial charge in [-0.05, 0) is 18.6 Å². The van der Waals surface area contributed by atoms with Gasteiger partial charge in [-0.25, -0.2) is 4.98 Å². The highest BCUT2D eigenvalue weighted by molar-refractivity contribution is 5.94. The average molecular weight is 242 g/mol. The van der Waals surface area contributed by atoms with Crippen molar-refractivity contribution in [1.29, 1.82) is 0 Å². The highest BCUT2D eigenvalue weighted by atomic mass is 16.1. The Morgan fingerprint density at radius 1 is 1.44 bits per heavy atom. The third kappa shape index (κ3) is 2.11. The SMILES string of the molecule is O=C(NC1CCn2ccnc2C1)c1cccnc1. The molecular formula is C13H14N4O. The van der Waals surface area contributed by atoms with E-state index in [1.165, 1.54) is 0 Å². The molecule has 5 nitrogen and oxygen atoms in total. The minimum Gasteiger partial charge on any atom is -0.349 e. The quantitative estimate of drug-likeness (QED) is 0.855. The predicted molar refractivity (Wildman–Crippen MR) is 66.0 cm³/mol. The zero-order chi connectivity index (χ0) is 12.4. The van der Waals surface area contributed by atoms with Gasteiger partial charge >= 0.3 is 0 Å². The van der Waals surface area contributed by atoms with Crippen molar-refractivity contribution in [3.05, 3.63) is 48.3 Å². The van der Waals surface area contributed by atoms with Crippen LogP contribution in [0.2, 0.25) is 0 Å². The van der Waals surface area contributed by atoms with Crippen LogP contribution in [0.3, 0.4) is 0 Å². The van der Waals surface area contributed by atoms with E-state index in [2.05, 4.69) is 19.9 Å². The summed E-state index contributed by atoms with van der Waals surface area (Å²) in [5, 5.41) is 3.03. The maximum Gasteiger partial charge on any atom is 0.253 e. The Morgan fingerprint density at radius 3 is 3.22 bits per heavy atom. The number of aryl methyl sites for hydroxylation is 1. The van der Waals surface area contributed by atoms with E-state index in [0.29, 0.717) is 5.56 Å². The Balaban J connectivity index is 1.67. The number of carbonyl (C=O) groups excluding carboxylic acids is 1. The van der Waals surface area contributed by atoms with Crippen LogP contribution in [0.1, 0.15) is 22.6 Å². The summed E-state index contributed by atoms with van der Waals surface area (Å²) >= 11 is 0. The van der Waals surface area contributed by atoms with Crippen LogP contribution in [0.4, 0.5) is 0 Å². The summed E-state index contributed by atoms with van der Waals surface area (Å²) in [7, 11) is 0. The fourth-order valence-corrected chi connectivity index (χ4v) is 2.24. The predicted octanol–water partition coefficient (Wildman–Crippen LogP) is 1.02. The molecule has 5 heteroatoms. The van der Waals surface area contributed by atoms with Gasteiger partial charge in [-0.1, -0.05) is 0 Å². The molecule has 0 radical (unpaired) electrons. The highest BCUT2D eigenvalue weighted by Crippen LogP contribution is 2.13. The summed E-state index contributed by atoms with van der Waals surface area (Å²) in [6.45, 7) is 0.910. The van der Waals surface area contributed by atoms with Gasteiger partial charge in [0.1, 0.15) is 5.82 Å². The molecule has 1 aliphatic rings. The Bertz CT molecular complexity index is 549. The Kier molecular flexibility index (Phi) is 2.80. The second-order valence-corrected chi connectivity index (χ2v) is 4.44. The van der Waals surface area contributed by atoms with E-state index in [1.54, 1.807) is 30.7 Å². The van der Waals surface area contributed by atoms with Crippen molar-refractivity contribution in [2.45, 2.75) is 25.4 Å². The van der Waals surface area contributed by atoms with Gasteiger partial charge in [0.2, 0.25) is 0 Å². The van der Waals surface area contributed by atoms with Crippen LogP contribution in [-0.4, -0.2) is 26.5 Å². The molecule has 0 saturated carbocycles. The van der Waals surface area contributed by atoms with Gasteiger partial charge in [0.25, 0.3) is 5.91 Å². The maximum atomic E-state index is 12.0. The lowest BCUT2D eigenvalue weighted by molar-refractivity contribution is 0.0930. The van der Waals surface area contributed by atoms with E-state index in [9.17, 15) is 4.79 Å². The molecule has 0 aliphatic carbocycles. The summed E-state index contributed by atoms with van der Waals surface area (Å²) in [6, 6.07) is 3.70. The largest absolute Gasteiger partial charge is 0.349 e. The highest BCUT2D eigenvalue weighted by Gasteiger charge is 2.21. The standard InChI is InChI=1S/C13H14N4O/c18-13(10-2-1-4-14-9-10)16-11-3-6-17-7-5-15-12(17)8-11/h1-2,4-5,7,9,11H,3,6,8H2,(H,16,18). The first-order valence-electron chi connectivity index (χ1n) is 6.04. The van der Waals surface area contributed by atoms with Gasteiger partial charge in [-0.3, -0.25) is 9.78 Å². The maximum absolute atomic E-state index is 12.0. The van der Waals surface area contributed by atoms with Crippen molar-refractivity contribution < 1.29 is 4.79 Å². The van der Waals surface area contributed by atoms with Crippen LogP contribution in [0.25, 0.3) is 0 Å². The molecule has 2 aromatic heterocycles. The van der Waals surface area contributed by atoms with E-state index in [1.807, 2.05) is 6.20 Å². The van der Waals surface area contributed by atoms with Crippen LogP contribution >= 0.6 is 0 Å². The molecule has 1 amide bonds. The molecule has 0 bridgehead atoms. The number of nitrogens with zero attached hydrogens (tertiary/aromatic N) is 3. The molecule has 3 heterocycles. The number of hydrogen-bond donors (Lipinski definition) is 1. The minimum atomic E-state index is -0.0619. The Morgan fingerprint density at radius 2 is 2.39 bits per heavy atom. The van der Waals surface area contributed by atoms with Crippen LogP contribution in [-0.2, 0) is 13.0 Å². The Hall–Kier alpha value is -2.17. The number of pyridine rings is 1. The van der Waals surface area contributed by atoms with Crippen molar-refractivity contribution in [3.8, 4) is 0 Å². The van der Waals surface area contributed by atoms with Gasteiger partial charge in [0.15, 0.2) is 0 Å². The molecule has 0 spiro atoms. The third-order valence-corrected chi connectivity index (χ3v) is 3.21. The molecule has 1 aliphatic heterocycles. The molecule has 0 fully saturated rings. The molecule has 1 atom stereocenters. The third-order valence-electron chi connectivity index (χ3n) is 3.21. The summed E-state index contributed by atoms with van der Waals surface area (Å²) in [4.78, 5) is 20.2. The first-order valence-corrected chi connectivity index (χ1v) is 6.04. The van der Waals surface area contributed by atoms with Crippen molar-refractivity contribution in [2.24, 2.45) is 0 Å². The fraction of sp³-hybridized carbons (Fsp3) is 0.308. The molecule has 0 saturated heterocycles. The monoisotopic (exact) mass is 242 g/mol. The van der Waals surface area contributed by atoms with Crippen LogP contribution in [0.15, 0.2) is 36.9 Å². The number of aromatic nitrogens is 3. The van der Waals surface area contributed by atoms with E-state index < -0.39 is 0 Å². The van der Waals surface area contributed by atoms with Crippen molar-refractivity contribution in [1.82, 2.24) is 19.9 Å². The molecule has 3 rings (SSSR count). The topological polar surface area (TPSA) is 59.8 Å². The normalized spacial score (nSPS) is 18.1. The molecule has 2 aromatic rings. The molecule has 0 aromatic carbocycles. The number of carbonyl (C=O) groups is 1. The average Bonchev–Trinajstić information content (AvgIpc) is 2.87. The van der Waals surface area contributed by atoms with Gasteiger partial charge in [-0.2, -0.15) is 0 Å². The zero-order valence-electron chi connectivity index (χ0n) is 9.91. The zero-order valence-corrected chi connectivity index (χ0v) is 9.91. The second-order valence-electron chi connectivity index (χ2n) is 4.44. The van der Waals surface area contributed by atoms with Gasteiger partial charge < -0.3 is 9.88 Å². The summed E-state index contributed by atoms with van der Waals surface area (Å²) in [5.74, 6) is 0.978. The lowest BCUT2D eigenvalue weighted by Gasteiger charge is -2.24.